The first-order valence-electron chi connectivity index (χ1n) is 7.84. The largest absolute Gasteiger partial charge is 0.314 e. The molecule has 0 aromatic rings. The van der Waals surface area contributed by atoms with Crippen LogP contribution in [0.15, 0.2) is 0 Å². The lowest BCUT2D eigenvalue weighted by molar-refractivity contribution is 0.114. The molecule has 2 bridgehead atoms. The van der Waals surface area contributed by atoms with E-state index in [2.05, 4.69) is 36.1 Å². The van der Waals surface area contributed by atoms with Crippen LogP contribution in [0.3, 0.4) is 0 Å². The molecular formula is C15H31N3. The number of unbranched alkanes of at least 4 members (excludes halogenated alkanes) is 1. The summed E-state index contributed by atoms with van der Waals surface area (Å²) in [4.78, 5) is 5.12. The Kier molecular flexibility index (Phi) is 5.46. The SMILES string of the molecule is CCNC1CC2CCC(C1)N2CCCCN(C)C. The number of piperidine rings is 1. The predicted molar refractivity (Wildman–Crippen MR) is 78.0 cm³/mol. The van der Waals surface area contributed by atoms with Gasteiger partial charge < -0.3 is 10.2 Å². The molecule has 0 aliphatic carbocycles. The van der Waals surface area contributed by atoms with Crippen LogP contribution in [0.2, 0.25) is 0 Å². The Morgan fingerprint density at radius 3 is 2.33 bits per heavy atom. The third kappa shape index (κ3) is 3.69. The van der Waals surface area contributed by atoms with E-state index in [9.17, 15) is 0 Å². The molecule has 3 nitrogen and oxygen atoms in total. The van der Waals surface area contributed by atoms with Crippen molar-refractivity contribution in [3.8, 4) is 0 Å². The Balaban J connectivity index is 1.71. The van der Waals surface area contributed by atoms with E-state index in [0.717, 1.165) is 24.7 Å². The molecule has 2 fully saturated rings. The second kappa shape index (κ2) is 6.88. The van der Waals surface area contributed by atoms with Gasteiger partial charge in [-0.1, -0.05) is 6.92 Å². The molecule has 18 heavy (non-hydrogen) atoms. The zero-order valence-electron chi connectivity index (χ0n) is 12.5. The Bertz CT molecular complexity index is 228. The van der Waals surface area contributed by atoms with Gasteiger partial charge in [0.05, 0.1) is 0 Å². The fourth-order valence-electron chi connectivity index (χ4n) is 3.82. The summed E-state index contributed by atoms with van der Waals surface area (Å²) >= 11 is 0. The van der Waals surface area contributed by atoms with Gasteiger partial charge in [-0.3, -0.25) is 4.90 Å². The maximum Gasteiger partial charge on any atom is 0.0114 e. The molecule has 106 valence electrons. The van der Waals surface area contributed by atoms with Crippen LogP contribution in [-0.2, 0) is 0 Å². The summed E-state index contributed by atoms with van der Waals surface area (Å²) in [5, 5.41) is 3.65. The van der Waals surface area contributed by atoms with Gasteiger partial charge in [0.15, 0.2) is 0 Å². The van der Waals surface area contributed by atoms with Crippen molar-refractivity contribution in [1.29, 1.82) is 0 Å². The Hall–Kier alpha value is -0.120. The minimum absolute atomic E-state index is 0.797. The quantitative estimate of drug-likeness (QED) is 0.700. The van der Waals surface area contributed by atoms with Crippen LogP contribution in [0.25, 0.3) is 0 Å². The van der Waals surface area contributed by atoms with Gasteiger partial charge in [-0.15, -0.1) is 0 Å². The Labute approximate surface area is 113 Å². The molecule has 3 heteroatoms. The van der Waals surface area contributed by atoms with Crippen molar-refractivity contribution in [1.82, 2.24) is 15.1 Å². The number of hydrogen-bond acceptors (Lipinski definition) is 3. The lowest BCUT2D eigenvalue weighted by Crippen LogP contribution is -2.49. The van der Waals surface area contributed by atoms with Gasteiger partial charge in [-0.25, -0.2) is 0 Å². The summed E-state index contributed by atoms with van der Waals surface area (Å²) < 4.78 is 0. The molecule has 0 spiro atoms. The van der Waals surface area contributed by atoms with E-state index in [1.54, 1.807) is 0 Å². The molecule has 2 atom stereocenters. The normalized spacial score (nSPS) is 32.3. The molecule has 1 N–H and O–H groups in total. The molecule has 2 saturated heterocycles. The predicted octanol–water partition coefficient (Wildman–Crippen LogP) is 1.93. The topological polar surface area (TPSA) is 18.5 Å². The molecule has 2 rings (SSSR count). The first-order chi connectivity index (χ1) is 8.70. The van der Waals surface area contributed by atoms with Gasteiger partial charge in [0.25, 0.3) is 0 Å². The average molecular weight is 253 g/mol. The molecule has 2 aliphatic rings. The van der Waals surface area contributed by atoms with Crippen LogP contribution in [-0.4, -0.2) is 61.7 Å². The number of nitrogens with one attached hydrogen (secondary N) is 1. The second-order valence-electron chi connectivity index (χ2n) is 6.36. The summed E-state index contributed by atoms with van der Waals surface area (Å²) in [7, 11) is 4.34. The molecule has 0 saturated carbocycles. The molecular weight excluding hydrogens is 222 g/mol. The monoisotopic (exact) mass is 253 g/mol. The van der Waals surface area contributed by atoms with E-state index in [1.807, 2.05) is 0 Å². The average Bonchev–Trinajstić information content (AvgIpc) is 2.57. The lowest BCUT2D eigenvalue weighted by Gasteiger charge is -2.39. The van der Waals surface area contributed by atoms with Crippen LogP contribution in [0.5, 0.6) is 0 Å². The Morgan fingerprint density at radius 2 is 1.78 bits per heavy atom. The van der Waals surface area contributed by atoms with Crippen LogP contribution >= 0.6 is 0 Å². The van der Waals surface area contributed by atoms with Gasteiger partial charge in [0.1, 0.15) is 0 Å². The van der Waals surface area contributed by atoms with Crippen molar-refractivity contribution >= 4 is 0 Å². The minimum Gasteiger partial charge on any atom is -0.314 e. The van der Waals surface area contributed by atoms with Crippen LogP contribution in [0, 0.1) is 0 Å². The van der Waals surface area contributed by atoms with Gasteiger partial charge in [0, 0.05) is 18.1 Å². The maximum atomic E-state index is 3.65. The number of fused-ring (bicyclic) bond motifs is 2. The van der Waals surface area contributed by atoms with Crippen molar-refractivity contribution in [3.05, 3.63) is 0 Å². The molecule has 2 unspecified atom stereocenters. The zero-order chi connectivity index (χ0) is 13.0. The first kappa shape index (κ1) is 14.3. The highest BCUT2D eigenvalue weighted by Crippen LogP contribution is 2.35. The summed E-state index contributed by atoms with van der Waals surface area (Å²) in [6, 6.07) is 2.56. The molecule has 0 aromatic heterocycles. The molecule has 2 aliphatic heterocycles. The summed E-state index contributed by atoms with van der Waals surface area (Å²) in [6.45, 7) is 5.94. The zero-order valence-corrected chi connectivity index (χ0v) is 12.5. The number of nitrogens with zero attached hydrogens (tertiary/aromatic N) is 2. The van der Waals surface area contributed by atoms with E-state index in [4.69, 9.17) is 0 Å². The van der Waals surface area contributed by atoms with Crippen LogP contribution in [0.1, 0.15) is 45.4 Å². The van der Waals surface area contributed by atoms with Crippen molar-refractivity contribution in [3.63, 3.8) is 0 Å². The van der Waals surface area contributed by atoms with Gasteiger partial charge in [-0.2, -0.15) is 0 Å². The van der Waals surface area contributed by atoms with Crippen molar-refractivity contribution in [2.45, 2.75) is 63.6 Å². The third-order valence-electron chi connectivity index (χ3n) is 4.65. The number of rotatable bonds is 7. The highest BCUT2D eigenvalue weighted by Gasteiger charge is 2.39. The van der Waals surface area contributed by atoms with Gasteiger partial charge in [-0.05, 0) is 72.3 Å². The molecule has 0 amide bonds. The summed E-state index contributed by atoms with van der Waals surface area (Å²) in [5.41, 5.74) is 0. The smallest absolute Gasteiger partial charge is 0.0114 e. The highest BCUT2D eigenvalue weighted by atomic mass is 15.2. The van der Waals surface area contributed by atoms with Crippen molar-refractivity contribution in [2.24, 2.45) is 0 Å². The fourth-order valence-corrected chi connectivity index (χ4v) is 3.82. The summed E-state index contributed by atoms with van der Waals surface area (Å²) in [5.74, 6) is 0. The van der Waals surface area contributed by atoms with Gasteiger partial charge >= 0.3 is 0 Å². The van der Waals surface area contributed by atoms with E-state index < -0.39 is 0 Å². The molecule has 0 aromatic carbocycles. The van der Waals surface area contributed by atoms with Crippen LogP contribution < -0.4 is 5.32 Å². The van der Waals surface area contributed by atoms with Gasteiger partial charge in [0.2, 0.25) is 0 Å². The highest BCUT2D eigenvalue weighted by molar-refractivity contribution is 4.97. The van der Waals surface area contributed by atoms with Crippen molar-refractivity contribution < 1.29 is 0 Å². The second-order valence-corrected chi connectivity index (χ2v) is 6.36. The minimum atomic E-state index is 0.797. The van der Waals surface area contributed by atoms with E-state index in [1.165, 1.54) is 51.6 Å². The summed E-state index contributed by atoms with van der Waals surface area (Å²) in [6.07, 6.45) is 8.38. The Morgan fingerprint density at radius 1 is 1.11 bits per heavy atom. The standard InChI is InChI=1S/C15H31N3/c1-4-16-13-11-14-7-8-15(12-13)18(14)10-6-5-9-17(2)3/h13-16H,4-12H2,1-3H3. The molecule has 2 heterocycles. The van der Waals surface area contributed by atoms with E-state index in [-0.39, 0.29) is 0 Å². The van der Waals surface area contributed by atoms with Crippen LogP contribution in [0.4, 0.5) is 0 Å². The number of hydrogen-bond donors (Lipinski definition) is 1. The third-order valence-corrected chi connectivity index (χ3v) is 4.65. The van der Waals surface area contributed by atoms with E-state index in [0.29, 0.717) is 0 Å². The van der Waals surface area contributed by atoms with Crippen molar-refractivity contribution in [2.75, 3.05) is 33.7 Å². The maximum absolute atomic E-state index is 3.65. The van der Waals surface area contributed by atoms with E-state index >= 15 is 0 Å². The first-order valence-corrected chi connectivity index (χ1v) is 7.84. The lowest BCUT2D eigenvalue weighted by atomic mass is 9.97. The molecule has 0 radical (unpaired) electrons. The fraction of sp³-hybridized carbons (Fsp3) is 1.00.